The fourth-order valence-corrected chi connectivity index (χ4v) is 5.31. The maximum atomic E-state index is 13.2. The topological polar surface area (TPSA) is 95.0 Å². The molecule has 192 valence electrons. The minimum atomic E-state index is -0.319. The van der Waals surface area contributed by atoms with Crippen molar-refractivity contribution < 1.29 is 4.79 Å². The van der Waals surface area contributed by atoms with Crippen LogP contribution in [-0.4, -0.2) is 51.0 Å². The van der Waals surface area contributed by atoms with Crippen molar-refractivity contribution in [2.45, 2.75) is 65.1 Å². The Hall–Kier alpha value is -2.84. The maximum absolute atomic E-state index is 13.2. The van der Waals surface area contributed by atoms with E-state index in [1.54, 1.807) is 6.92 Å². The molecule has 2 aliphatic rings. The number of likely N-dealkylation sites (tertiary alicyclic amines) is 1. The zero-order valence-corrected chi connectivity index (χ0v) is 21.8. The second-order valence-electron chi connectivity index (χ2n) is 10.3. The number of nitrogens with zero attached hydrogens (tertiary/aromatic N) is 3. The van der Waals surface area contributed by atoms with Gasteiger partial charge >= 0.3 is 0 Å². The van der Waals surface area contributed by atoms with Crippen LogP contribution in [0, 0.1) is 19.8 Å². The van der Waals surface area contributed by atoms with Crippen molar-refractivity contribution in [3.63, 3.8) is 0 Å². The SMILES string of the molecule is Cc1c[nH]c2ccc(CNC(=O)Cn3c(C)c(Cl)nc(NC[C@H]4CCCCN4CC4CC4)c3=O)cc12. The number of piperidine rings is 1. The van der Waals surface area contributed by atoms with Crippen molar-refractivity contribution in [3.05, 3.63) is 56.7 Å². The third kappa shape index (κ3) is 5.60. The zero-order valence-electron chi connectivity index (χ0n) is 21.1. The molecule has 1 aromatic carbocycles. The van der Waals surface area contributed by atoms with Crippen molar-refractivity contribution in [2.24, 2.45) is 5.92 Å². The molecule has 1 aliphatic heterocycles. The molecule has 3 N–H and O–H groups in total. The number of nitrogens with one attached hydrogen (secondary N) is 3. The van der Waals surface area contributed by atoms with Gasteiger partial charge in [0.15, 0.2) is 11.0 Å². The monoisotopic (exact) mass is 510 g/mol. The Morgan fingerprint density at radius 2 is 2.06 bits per heavy atom. The van der Waals surface area contributed by atoms with Gasteiger partial charge in [-0.05, 0) is 75.3 Å². The van der Waals surface area contributed by atoms with E-state index in [-0.39, 0.29) is 29.0 Å². The lowest BCUT2D eigenvalue weighted by Gasteiger charge is -2.36. The van der Waals surface area contributed by atoms with E-state index in [0.29, 0.717) is 24.8 Å². The van der Waals surface area contributed by atoms with Gasteiger partial charge in [-0.25, -0.2) is 4.98 Å². The number of halogens is 1. The van der Waals surface area contributed by atoms with Crippen LogP contribution in [0.2, 0.25) is 5.15 Å². The van der Waals surface area contributed by atoms with Gasteiger partial charge in [-0.2, -0.15) is 0 Å². The van der Waals surface area contributed by atoms with Crippen molar-refractivity contribution >= 4 is 34.2 Å². The number of anilines is 1. The van der Waals surface area contributed by atoms with E-state index in [4.69, 9.17) is 11.6 Å². The number of aromatic nitrogens is 3. The molecule has 2 fully saturated rings. The summed E-state index contributed by atoms with van der Waals surface area (Å²) in [5.41, 5.74) is 3.40. The molecule has 1 atom stereocenters. The fourth-order valence-electron chi connectivity index (χ4n) is 5.12. The Morgan fingerprint density at radius 3 is 2.86 bits per heavy atom. The molecule has 8 nitrogen and oxygen atoms in total. The van der Waals surface area contributed by atoms with Gasteiger partial charge in [-0.3, -0.25) is 19.1 Å². The summed E-state index contributed by atoms with van der Waals surface area (Å²) in [6.45, 7) is 6.96. The first-order valence-electron chi connectivity index (χ1n) is 13.0. The Kier molecular flexibility index (Phi) is 7.34. The van der Waals surface area contributed by atoms with Crippen LogP contribution in [0.1, 0.15) is 48.9 Å². The predicted molar refractivity (Wildman–Crippen MR) is 144 cm³/mol. The number of H-pyrrole nitrogens is 1. The average Bonchev–Trinajstić information content (AvgIpc) is 3.63. The van der Waals surface area contributed by atoms with E-state index in [1.165, 1.54) is 30.3 Å². The highest BCUT2D eigenvalue weighted by atomic mass is 35.5. The molecular formula is C27H35ClN6O2. The third-order valence-corrected chi connectivity index (χ3v) is 7.91. The fraction of sp³-hybridized carbons (Fsp3) is 0.519. The number of rotatable bonds is 9. The number of hydrogen-bond acceptors (Lipinski definition) is 5. The summed E-state index contributed by atoms with van der Waals surface area (Å²) in [6.07, 6.45) is 8.19. The quantitative estimate of drug-likeness (QED) is 0.404. The number of benzene rings is 1. The van der Waals surface area contributed by atoms with Crippen LogP contribution in [0.15, 0.2) is 29.2 Å². The minimum absolute atomic E-state index is 0.107. The lowest BCUT2D eigenvalue weighted by atomic mass is 10.0. The summed E-state index contributed by atoms with van der Waals surface area (Å²) in [7, 11) is 0. The molecule has 1 aliphatic carbocycles. The largest absolute Gasteiger partial charge is 0.364 e. The summed E-state index contributed by atoms with van der Waals surface area (Å²) in [5, 5.41) is 7.56. The van der Waals surface area contributed by atoms with Crippen LogP contribution in [0.25, 0.3) is 10.9 Å². The first-order valence-corrected chi connectivity index (χ1v) is 13.3. The number of fused-ring (bicyclic) bond motifs is 1. The Morgan fingerprint density at radius 1 is 1.22 bits per heavy atom. The molecule has 9 heteroatoms. The first-order chi connectivity index (χ1) is 17.4. The molecule has 1 saturated heterocycles. The summed E-state index contributed by atoms with van der Waals surface area (Å²) in [6, 6.07) is 6.46. The van der Waals surface area contributed by atoms with Gasteiger partial charge in [-0.1, -0.05) is 24.1 Å². The summed E-state index contributed by atoms with van der Waals surface area (Å²) in [4.78, 5) is 36.1. The van der Waals surface area contributed by atoms with Crippen LogP contribution >= 0.6 is 11.6 Å². The molecule has 0 radical (unpaired) electrons. The second kappa shape index (κ2) is 10.6. The molecule has 1 saturated carbocycles. The Labute approximate surface area is 216 Å². The number of carbonyl (C=O) groups excluding carboxylic acids is 1. The molecule has 0 bridgehead atoms. The summed E-state index contributed by atoms with van der Waals surface area (Å²) in [5.74, 6) is 0.799. The smallest absolute Gasteiger partial charge is 0.294 e. The highest BCUT2D eigenvalue weighted by Gasteiger charge is 2.30. The van der Waals surface area contributed by atoms with Crippen molar-refractivity contribution in [2.75, 3.05) is 25.0 Å². The van der Waals surface area contributed by atoms with Crippen molar-refractivity contribution in [3.8, 4) is 0 Å². The molecule has 2 aromatic heterocycles. The second-order valence-corrected chi connectivity index (χ2v) is 10.7. The van der Waals surface area contributed by atoms with E-state index >= 15 is 0 Å². The number of aryl methyl sites for hydroxylation is 1. The van der Waals surface area contributed by atoms with E-state index < -0.39 is 0 Å². The molecule has 1 amide bonds. The van der Waals surface area contributed by atoms with E-state index in [9.17, 15) is 9.59 Å². The summed E-state index contributed by atoms with van der Waals surface area (Å²) < 4.78 is 1.41. The highest BCUT2D eigenvalue weighted by Crippen LogP contribution is 2.32. The molecule has 36 heavy (non-hydrogen) atoms. The maximum Gasteiger partial charge on any atom is 0.294 e. The third-order valence-electron chi connectivity index (χ3n) is 7.55. The lowest BCUT2D eigenvalue weighted by molar-refractivity contribution is -0.121. The molecule has 3 heterocycles. The number of carbonyl (C=O) groups is 1. The molecule has 5 rings (SSSR count). The van der Waals surface area contributed by atoms with Gasteiger partial charge in [-0.15, -0.1) is 0 Å². The first kappa shape index (κ1) is 24.8. The zero-order chi connectivity index (χ0) is 25.2. The van der Waals surface area contributed by atoms with Gasteiger partial charge in [0.1, 0.15) is 6.54 Å². The van der Waals surface area contributed by atoms with E-state index in [2.05, 4.69) is 31.6 Å². The van der Waals surface area contributed by atoms with Gasteiger partial charge in [0.2, 0.25) is 5.91 Å². The van der Waals surface area contributed by atoms with Gasteiger partial charge in [0.25, 0.3) is 5.56 Å². The van der Waals surface area contributed by atoms with Crippen LogP contribution in [0.5, 0.6) is 0 Å². The molecule has 3 aromatic rings. The van der Waals surface area contributed by atoms with Gasteiger partial charge in [0.05, 0.1) is 5.69 Å². The highest BCUT2D eigenvalue weighted by molar-refractivity contribution is 6.30. The normalized spacial score (nSPS) is 18.5. The number of amides is 1. The Bertz CT molecular complexity index is 1310. The van der Waals surface area contributed by atoms with Crippen molar-refractivity contribution in [1.29, 1.82) is 0 Å². The van der Waals surface area contributed by atoms with Crippen LogP contribution in [-0.2, 0) is 17.9 Å². The van der Waals surface area contributed by atoms with Gasteiger partial charge in [0, 0.05) is 42.8 Å². The van der Waals surface area contributed by atoms with Crippen molar-refractivity contribution in [1.82, 2.24) is 24.8 Å². The minimum Gasteiger partial charge on any atom is -0.364 e. The number of aromatic amines is 1. The predicted octanol–water partition coefficient (Wildman–Crippen LogP) is 3.99. The van der Waals surface area contributed by atoms with E-state index in [1.807, 2.05) is 25.3 Å². The summed E-state index contributed by atoms with van der Waals surface area (Å²) >= 11 is 6.38. The van der Waals surface area contributed by atoms with Crippen LogP contribution in [0.3, 0.4) is 0 Å². The molecule has 0 unspecified atom stereocenters. The molecular weight excluding hydrogens is 476 g/mol. The van der Waals surface area contributed by atoms with E-state index in [0.717, 1.165) is 47.5 Å². The van der Waals surface area contributed by atoms with Gasteiger partial charge < -0.3 is 15.6 Å². The van der Waals surface area contributed by atoms with Crippen LogP contribution < -0.4 is 16.2 Å². The number of hydrogen-bond donors (Lipinski definition) is 3. The lowest BCUT2D eigenvalue weighted by Crippen LogP contribution is -2.45. The average molecular weight is 511 g/mol. The Balaban J connectivity index is 1.23. The standard InChI is InChI=1S/C27H35ClN6O2/c1-17-12-29-23-9-8-20(11-22(17)23)13-30-24(35)16-34-18(2)25(28)32-26(27(34)36)31-14-21-5-3-4-10-33(21)15-19-6-7-19/h8-9,11-12,19,21,29H,3-7,10,13-16H2,1-2H3,(H,30,35)(H,31,32)/t21-/m1/s1. The molecule has 0 spiro atoms. The van der Waals surface area contributed by atoms with Crippen LogP contribution in [0.4, 0.5) is 5.82 Å².